The van der Waals surface area contributed by atoms with Gasteiger partial charge in [0.05, 0.1) is 26.7 Å². The van der Waals surface area contributed by atoms with Gasteiger partial charge in [-0.05, 0) is 30.0 Å². The van der Waals surface area contributed by atoms with Gasteiger partial charge in [0.15, 0.2) is 11.5 Å². The normalized spacial score (nSPS) is 10.4. The molecule has 0 unspecified atom stereocenters. The Morgan fingerprint density at radius 3 is 2.12 bits per heavy atom. The molecule has 0 amide bonds. The number of aryl methyl sites for hydroxylation is 1. The summed E-state index contributed by atoms with van der Waals surface area (Å²) < 4.78 is 16.1. The molecule has 0 radical (unpaired) electrons. The molecule has 17 heavy (non-hydrogen) atoms. The summed E-state index contributed by atoms with van der Waals surface area (Å²) in [5, 5.41) is 2.03. The van der Waals surface area contributed by atoms with E-state index in [1.165, 1.54) is 0 Å². The highest BCUT2D eigenvalue weighted by molar-refractivity contribution is 5.96. The number of benzene rings is 2. The number of rotatable bonds is 3. The Kier molecular flexibility index (Phi) is 3.09. The first-order chi connectivity index (χ1) is 8.21. The van der Waals surface area contributed by atoms with Gasteiger partial charge in [-0.3, -0.25) is 0 Å². The molecule has 2 rings (SSSR count). The lowest BCUT2D eigenvalue weighted by Crippen LogP contribution is -1.94. The van der Waals surface area contributed by atoms with Crippen LogP contribution in [-0.4, -0.2) is 21.3 Å². The molecule has 0 atom stereocenters. The fourth-order valence-corrected chi connectivity index (χ4v) is 2.04. The van der Waals surface area contributed by atoms with Crippen LogP contribution in [0, 0.1) is 6.92 Å². The van der Waals surface area contributed by atoms with Gasteiger partial charge in [-0.15, -0.1) is 0 Å². The van der Waals surface area contributed by atoms with Crippen LogP contribution in [0.15, 0.2) is 24.3 Å². The van der Waals surface area contributed by atoms with Crippen molar-refractivity contribution in [1.82, 2.24) is 0 Å². The Morgan fingerprint density at radius 2 is 1.53 bits per heavy atom. The number of hydrogen-bond acceptors (Lipinski definition) is 3. The molecule has 0 N–H and O–H groups in total. The first-order valence-corrected chi connectivity index (χ1v) is 5.40. The third-order valence-electron chi connectivity index (χ3n) is 2.79. The molecule has 2 aromatic carbocycles. The third kappa shape index (κ3) is 1.88. The van der Waals surface area contributed by atoms with Crippen LogP contribution >= 0.6 is 0 Å². The Labute approximate surface area is 101 Å². The molecule has 0 saturated heterocycles. The Morgan fingerprint density at radius 1 is 0.824 bits per heavy atom. The van der Waals surface area contributed by atoms with Crippen LogP contribution in [-0.2, 0) is 0 Å². The molecule has 90 valence electrons. The summed E-state index contributed by atoms with van der Waals surface area (Å²) in [6.45, 7) is 2.04. The maximum atomic E-state index is 5.43. The largest absolute Gasteiger partial charge is 0.496 e. The monoisotopic (exact) mass is 232 g/mol. The smallest absolute Gasteiger partial charge is 0.172 e. The van der Waals surface area contributed by atoms with Crippen molar-refractivity contribution >= 4 is 10.8 Å². The average Bonchev–Trinajstić information content (AvgIpc) is 2.36. The van der Waals surface area contributed by atoms with E-state index in [9.17, 15) is 0 Å². The topological polar surface area (TPSA) is 27.7 Å². The molecule has 2 aromatic rings. The summed E-state index contributed by atoms with van der Waals surface area (Å²) in [5.41, 5.74) is 1.15. The van der Waals surface area contributed by atoms with Crippen LogP contribution in [0.25, 0.3) is 10.8 Å². The van der Waals surface area contributed by atoms with Crippen molar-refractivity contribution in [2.45, 2.75) is 6.92 Å². The summed E-state index contributed by atoms with van der Waals surface area (Å²) in [7, 11) is 4.92. The second-order valence-corrected chi connectivity index (χ2v) is 3.87. The highest BCUT2D eigenvalue weighted by Gasteiger charge is 2.13. The van der Waals surface area contributed by atoms with E-state index >= 15 is 0 Å². The van der Waals surface area contributed by atoms with Gasteiger partial charge >= 0.3 is 0 Å². The number of fused-ring (bicyclic) bond motifs is 1. The van der Waals surface area contributed by atoms with E-state index in [1.54, 1.807) is 21.3 Å². The van der Waals surface area contributed by atoms with Gasteiger partial charge in [0.1, 0.15) is 5.75 Å². The van der Waals surface area contributed by atoms with Crippen LogP contribution in [0.3, 0.4) is 0 Å². The second-order valence-electron chi connectivity index (χ2n) is 3.87. The van der Waals surface area contributed by atoms with E-state index in [4.69, 9.17) is 14.2 Å². The van der Waals surface area contributed by atoms with Gasteiger partial charge in [-0.25, -0.2) is 0 Å². The second kappa shape index (κ2) is 4.53. The van der Waals surface area contributed by atoms with Crippen LogP contribution in [0.5, 0.6) is 17.2 Å². The highest BCUT2D eigenvalue weighted by atomic mass is 16.5. The average molecular weight is 232 g/mol. The molecule has 0 spiro atoms. The predicted octanol–water partition coefficient (Wildman–Crippen LogP) is 3.17. The zero-order valence-corrected chi connectivity index (χ0v) is 10.5. The summed E-state index contributed by atoms with van der Waals surface area (Å²) in [5.74, 6) is 2.22. The molecule has 0 aromatic heterocycles. The first kappa shape index (κ1) is 11.6. The van der Waals surface area contributed by atoms with Crippen molar-refractivity contribution in [1.29, 1.82) is 0 Å². The van der Waals surface area contributed by atoms with Crippen LogP contribution in [0.4, 0.5) is 0 Å². The molecule has 3 heteroatoms. The molecule has 0 bridgehead atoms. The molecule has 0 saturated carbocycles. The lowest BCUT2D eigenvalue weighted by atomic mass is 10.0. The Hall–Kier alpha value is -1.90. The summed E-state index contributed by atoms with van der Waals surface area (Å²) in [6.07, 6.45) is 0. The number of methoxy groups -OCH3 is 3. The molecule has 0 heterocycles. The van der Waals surface area contributed by atoms with Crippen molar-refractivity contribution in [2.24, 2.45) is 0 Å². The van der Waals surface area contributed by atoms with Gasteiger partial charge < -0.3 is 14.2 Å². The predicted molar refractivity (Wildman–Crippen MR) is 68.3 cm³/mol. The molecular formula is C14H16O3. The Bertz CT molecular complexity index is 547. The van der Waals surface area contributed by atoms with Crippen molar-refractivity contribution in [3.05, 3.63) is 29.8 Å². The van der Waals surface area contributed by atoms with E-state index in [0.29, 0.717) is 11.5 Å². The molecule has 3 nitrogen and oxygen atoms in total. The number of ether oxygens (including phenoxy) is 3. The molecule has 0 aliphatic rings. The van der Waals surface area contributed by atoms with Gasteiger partial charge in [0.2, 0.25) is 0 Å². The lowest BCUT2D eigenvalue weighted by Gasteiger charge is -2.14. The van der Waals surface area contributed by atoms with E-state index < -0.39 is 0 Å². The summed E-state index contributed by atoms with van der Waals surface area (Å²) >= 11 is 0. The zero-order valence-electron chi connectivity index (χ0n) is 10.5. The van der Waals surface area contributed by atoms with Crippen molar-refractivity contribution in [3.8, 4) is 17.2 Å². The van der Waals surface area contributed by atoms with Gasteiger partial charge in [-0.2, -0.15) is 0 Å². The summed E-state index contributed by atoms with van der Waals surface area (Å²) in [4.78, 5) is 0. The fourth-order valence-electron chi connectivity index (χ4n) is 2.04. The van der Waals surface area contributed by atoms with E-state index in [-0.39, 0.29) is 0 Å². The summed E-state index contributed by atoms with van der Waals surface area (Å²) in [6, 6.07) is 8.00. The zero-order chi connectivity index (χ0) is 12.4. The lowest BCUT2D eigenvalue weighted by molar-refractivity contribution is 0.356. The molecule has 0 aliphatic heterocycles. The van der Waals surface area contributed by atoms with E-state index in [0.717, 1.165) is 22.1 Å². The SMILES string of the molecule is COc1ccc2cc(C)cc(OC)c2c1OC. The van der Waals surface area contributed by atoms with Gasteiger partial charge in [0.25, 0.3) is 0 Å². The van der Waals surface area contributed by atoms with Crippen LogP contribution in [0.1, 0.15) is 5.56 Å². The first-order valence-electron chi connectivity index (χ1n) is 5.40. The van der Waals surface area contributed by atoms with Crippen molar-refractivity contribution in [3.63, 3.8) is 0 Å². The minimum atomic E-state index is 0.710. The standard InChI is InChI=1S/C14H16O3/c1-9-7-10-5-6-11(15-2)14(17-4)13(10)12(8-9)16-3/h5-8H,1-4H3. The van der Waals surface area contributed by atoms with Gasteiger partial charge in [0, 0.05) is 0 Å². The maximum absolute atomic E-state index is 5.43. The Balaban J connectivity index is 2.86. The van der Waals surface area contributed by atoms with Crippen molar-refractivity contribution < 1.29 is 14.2 Å². The van der Waals surface area contributed by atoms with Crippen LogP contribution < -0.4 is 14.2 Å². The van der Waals surface area contributed by atoms with E-state index in [2.05, 4.69) is 6.07 Å². The molecule has 0 aliphatic carbocycles. The third-order valence-corrected chi connectivity index (χ3v) is 2.79. The fraction of sp³-hybridized carbons (Fsp3) is 0.286. The highest BCUT2D eigenvalue weighted by Crippen LogP contribution is 2.41. The quantitative estimate of drug-likeness (QED) is 0.813. The number of hydrogen-bond donors (Lipinski definition) is 0. The molecule has 0 fully saturated rings. The van der Waals surface area contributed by atoms with E-state index in [1.807, 2.05) is 25.1 Å². The van der Waals surface area contributed by atoms with Crippen LogP contribution in [0.2, 0.25) is 0 Å². The molecular weight excluding hydrogens is 216 g/mol. The minimum Gasteiger partial charge on any atom is -0.496 e. The maximum Gasteiger partial charge on any atom is 0.172 e. The van der Waals surface area contributed by atoms with Gasteiger partial charge in [-0.1, -0.05) is 12.1 Å². The minimum absolute atomic E-state index is 0.710. The van der Waals surface area contributed by atoms with Crippen molar-refractivity contribution in [2.75, 3.05) is 21.3 Å².